The molecule has 156 valence electrons. The molecule has 1 amide bonds. The molecule has 2 aromatic carbocycles. The molecule has 0 bridgehead atoms. The summed E-state index contributed by atoms with van der Waals surface area (Å²) in [6.07, 6.45) is 3.27. The Morgan fingerprint density at radius 1 is 1.10 bits per heavy atom. The van der Waals surface area contributed by atoms with E-state index in [-0.39, 0.29) is 5.91 Å². The molecule has 4 rings (SSSR count). The summed E-state index contributed by atoms with van der Waals surface area (Å²) in [7, 11) is 1.78. The highest BCUT2D eigenvalue weighted by molar-refractivity contribution is 6.35. The lowest BCUT2D eigenvalue weighted by molar-refractivity contribution is 0.0984. The molecule has 0 N–H and O–H groups in total. The third-order valence-corrected chi connectivity index (χ3v) is 5.24. The van der Waals surface area contributed by atoms with Crippen molar-refractivity contribution >= 4 is 34.8 Å². The highest BCUT2D eigenvalue weighted by Crippen LogP contribution is 2.29. The molecular weight excluding hydrogens is 435 g/mol. The quantitative estimate of drug-likeness (QED) is 0.437. The molecule has 31 heavy (non-hydrogen) atoms. The largest absolute Gasteiger partial charge is 0.304 e. The lowest BCUT2D eigenvalue weighted by Crippen LogP contribution is -2.31. The maximum atomic E-state index is 13.5. The predicted molar refractivity (Wildman–Crippen MR) is 120 cm³/mol. The number of halogens is 2. The number of pyridine rings is 1. The Hall–Kier alpha value is -3.29. The van der Waals surface area contributed by atoms with Crippen LogP contribution in [0.3, 0.4) is 0 Å². The van der Waals surface area contributed by atoms with Crippen LogP contribution in [0.5, 0.6) is 0 Å². The van der Waals surface area contributed by atoms with Gasteiger partial charge in [0.05, 0.1) is 6.54 Å². The molecule has 0 saturated heterocycles. The third-order valence-electron chi connectivity index (χ3n) is 4.80. The van der Waals surface area contributed by atoms with Gasteiger partial charge in [-0.15, -0.1) is 5.10 Å². The molecule has 0 saturated carbocycles. The first-order valence-electron chi connectivity index (χ1n) is 9.42. The first-order valence-corrected chi connectivity index (χ1v) is 10.2. The van der Waals surface area contributed by atoms with Gasteiger partial charge in [0.1, 0.15) is 0 Å². The van der Waals surface area contributed by atoms with Crippen LogP contribution in [0.25, 0.3) is 11.4 Å². The number of carbonyl (C=O) groups is 1. The van der Waals surface area contributed by atoms with E-state index in [1.54, 1.807) is 53.3 Å². The number of hydrogen-bond acceptors (Lipinski definition) is 5. The van der Waals surface area contributed by atoms with Crippen LogP contribution in [0.2, 0.25) is 10.0 Å². The number of hydrogen-bond donors (Lipinski definition) is 0. The van der Waals surface area contributed by atoms with E-state index in [1.165, 1.54) is 0 Å². The Labute approximate surface area is 189 Å². The normalized spacial score (nSPS) is 10.8. The van der Waals surface area contributed by atoms with Gasteiger partial charge in [0.15, 0.2) is 5.82 Å². The van der Waals surface area contributed by atoms with Gasteiger partial charge in [-0.05, 0) is 58.8 Å². The number of carbonyl (C=O) groups excluding carboxylic acids is 1. The molecule has 0 aliphatic carbocycles. The monoisotopic (exact) mass is 452 g/mol. The van der Waals surface area contributed by atoms with Crippen LogP contribution in [0.1, 0.15) is 21.5 Å². The fraction of sp³-hybridized carbons (Fsp3) is 0.136. The number of rotatable bonds is 5. The van der Waals surface area contributed by atoms with E-state index in [9.17, 15) is 4.79 Å². The zero-order valence-electron chi connectivity index (χ0n) is 16.8. The van der Waals surface area contributed by atoms with Crippen molar-refractivity contribution in [3.8, 4) is 11.4 Å². The van der Waals surface area contributed by atoms with E-state index >= 15 is 0 Å². The standard InChI is InChI=1S/C22H18Cl2N6O/c1-14-12-25-7-6-20(14)22(31)30(19-10-17(23)9-18(24)11-19)13-15-4-3-5-16(8-15)21-26-27-28-29(21)2/h3-12H,13H2,1-2H3. The molecule has 0 radical (unpaired) electrons. The second-order valence-corrected chi connectivity index (χ2v) is 7.91. The molecule has 0 unspecified atom stereocenters. The van der Waals surface area contributed by atoms with Gasteiger partial charge in [0.2, 0.25) is 0 Å². The van der Waals surface area contributed by atoms with E-state index in [2.05, 4.69) is 20.5 Å². The summed E-state index contributed by atoms with van der Waals surface area (Å²) in [5.41, 5.74) is 3.69. The summed E-state index contributed by atoms with van der Waals surface area (Å²) in [6.45, 7) is 2.15. The molecule has 0 aliphatic heterocycles. The molecule has 0 spiro atoms. The van der Waals surface area contributed by atoms with Crippen LogP contribution < -0.4 is 4.90 Å². The van der Waals surface area contributed by atoms with E-state index in [1.807, 2.05) is 31.2 Å². The van der Waals surface area contributed by atoms with Crippen molar-refractivity contribution in [2.24, 2.45) is 7.05 Å². The lowest BCUT2D eigenvalue weighted by Gasteiger charge is -2.24. The van der Waals surface area contributed by atoms with Crippen LogP contribution in [-0.4, -0.2) is 31.1 Å². The van der Waals surface area contributed by atoms with E-state index in [4.69, 9.17) is 23.2 Å². The maximum Gasteiger partial charge on any atom is 0.258 e. The Morgan fingerprint density at radius 2 is 1.87 bits per heavy atom. The first kappa shape index (κ1) is 21.0. The summed E-state index contributed by atoms with van der Waals surface area (Å²) in [6, 6.07) is 14.5. The third kappa shape index (κ3) is 4.57. The minimum Gasteiger partial charge on any atom is -0.304 e. The van der Waals surface area contributed by atoms with E-state index in [0.717, 1.165) is 16.7 Å². The number of tetrazole rings is 1. The fourth-order valence-corrected chi connectivity index (χ4v) is 3.81. The van der Waals surface area contributed by atoms with Gasteiger partial charge in [-0.2, -0.15) is 0 Å². The number of benzene rings is 2. The Balaban J connectivity index is 1.76. The Morgan fingerprint density at radius 3 is 2.55 bits per heavy atom. The minimum absolute atomic E-state index is 0.177. The summed E-state index contributed by atoms with van der Waals surface area (Å²) in [5.74, 6) is 0.458. The molecule has 9 heteroatoms. The molecular formula is C22H18Cl2N6O. The summed E-state index contributed by atoms with van der Waals surface area (Å²) in [4.78, 5) is 19.3. The molecule has 7 nitrogen and oxygen atoms in total. The second-order valence-electron chi connectivity index (χ2n) is 7.04. The van der Waals surface area contributed by atoms with Gasteiger partial charge in [-0.25, -0.2) is 4.68 Å². The highest BCUT2D eigenvalue weighted by atomic mass is 35.5. The van der Waals surface area contributed by atoms with Crippen molar-refractivity contribution in [3.63, 3.8) is 0 Å². The fourth-order valence-electron chi connectivity index (χ4n) is 3.30. The number of nitrogens with zero attached hydrogens (tertiary/aromatic N) is 6. The van der Waals surface area contributed by atoms with Crippen LogP contribution in [-0.2, 0) is 13.6 Å². The number of anilines is 1. The Bertz CT molecular complexity index is 1240. The first-order chi connectivity index (χ1) is 14.9. The van der Waals surface area contributed by atoms with Crippen molar-refractivity contribution < 1.29 is 4.79 Å². The average molecular weight is 453 g/mol. The van der Waals surface area contributed by atoms with Gasteiger partial charge in [-0.3, -0.25) is 9.78 Å². The molecule has 2 heterocycles. The van der Waals surface area contributed by atoms with Crippen LogP contribution in [0.15, 0.2) is 60.9 Å². The lowest BCUT2D eigenvalue weighted by atomic mass is 10.1. The van der Waals surface area contributed by atoms with E-state index < -0.39 is 0 Å². The molecule has 2 aromatic heterocycles. The van der Waals surface area contributed by atoms with Gasteiger partial charge in [0.25, 0.3) is 5.91 Å². The average Bonchev–Trinajstić information content (AvgIpc) is 3.17. The van der Waals surface area contributed by atoms with Crippen molar-refractivity contribution in [2.45, 2.75) is 13.5 Å². The van der Waals surface area contributed by atoms with Gasteiger partial charge in [0, 0.05) is 46.3 Å². The zero-order valence-corrected chi connectivity index (χ0v) is 18.3. The molecule has 0 aliphatic rings. The predicted octanol–water partition coefficient (Wildman–Crippen LogP) is 4.73. The maximum absolute atomic E-state index is 13.5. The van der Waals surface area contributed by atoms with Crippen LogP contribution >= 0.6 is 23.2 Å². The van der Waals surface area contributed by atoms with Crippen LogP contribution in [0.4, 0.5) is 5.69 Å². The Kier molecular flexibility index (Phi) is 5.97. The highest BCUT2D eigenvalue weighted by Gasteiger charge is 2.21. The van der Waals surface area contributed by atoms with Crippen molar-refractivity contribution in [1.29, 1.82) is 0 Å². The van der Waals surface area contributed by atoms with Crippen molar-refractivity contribution in [2.75, 3.05) is 4.90 Å². The minimum atomic E-state index is -0.177. The number of amides is 1. The molecule has 4 aromatic rings. The van der Waals surface area contributed by atoms with Crippen molar-refractivity contribution in [3.05, 3.63) is 87.7 Å². The smallest absolute Gasteiger partial charge is 0.258 e. The van der Waals surface area contributed by atoms with Gasteiger partial charge >= 0.3 is 0 Å². The number of aromatic nitrogens is 5. The summed E-state index contributed by atoms with van der Waals surface area (Å²) in [5, 5.41) is 12.5. The van der Waals surface area contributed by atoms with Gasteiger partial charge < -0.3 is 4.90 Å². The van der Waals surface area contributed by atoms with Gasteiger partial charge in [-0.1, -0.05) is 41.4 Å². The second kappa shape index (κ2) is 8.83. The SMILES string of the molecule is Cc1cnccc1C(=O)N(Cc1cccc(-c2nnnn2C)c1)c1cc(Cl)cc(Cl)c1. The van der Waals surface area contributed by atoms with Crippen molar-refractivity contribution in [1.82, 2.24) is 25.2 Å². The zero-order chi connectivity index (χ0) is 22.0. The molecule has 0 fully saturated rings. The summed E-state index contributed by atoms with van der Waals surface area (Å²) < 4.78 is 1.60. The number of aryl methyl sites for hydroxylation is 2. The van der Waals surface area contributed by atoms with Crippen LogP contribution in [0, 0.1) is 6.92 Å². The summed E-state index contributed by atoms with van der Waals surface area (Å²) >= 11 is 12.5. The van der Waals surface area contributed by atoms with E-state index in [0.29, 0.717) is 33.7 Å². The topological polar surface area (TPSA) is 76.8 Å². The molecule has 0 atom stereocenters.